The third kappa shape index (κ3) is 4.47. The molecule has 6 nitrogen and oxygen atoms in total. The largest absolute Gasteiger partial charge is 0.342 e. The summed E-state index contributed by atoms with van der Waals surface area (Å²) in [5, 5.41) is 0. The van der Waals surface area contributed by atoms with E-state index in [1.807, 2.05) is 61.5 Å². The van der Waals surface area contributed by atoms with Crippen LogP contribution in [0.5, 0.6) is 0 Å². The van der Waals surface area contributed by atoms with Crippen molar-refractivity contribution < 1.29 is 19.2 Å². The average Bonchev–Trinajstić information content (AvgIpc) is 3.04. The molecule has 0 aromatic heterocycles. The smallest absolute Gasteiger partial charge is 0.241 e. The molecule has 2 heterocycles. The Hall–Kier alpha value is -3.28. The summed E-state index contributed by atoms with van der Waals surface area (Å²) in [5.41, 5.74) is 1.25. The monoisotopic (exact) mass is 446 g/mol. The number of hydrogen-bond acceptors (Lipinski definition) is 4. The Morgan fingerprint density at radius 1 is 1.03 bits per heavy atom. The van der Waals surface area contributed by atoms with Crippen molar-refractivity contribution >= 4 is 23.5 Å². The van der Waals surface area contributed by atoms with E-state index in [0.29, 0.717) is 13.1 Å². The van der Waals surface area contributed by atoms with E-state index in [1.165, 1.54) is 4.90 Å². The van der Waals surface area contributed by atoms with Gasteiger partial charge < -0.3 is 4.90 Å². The van der Waals surface area contributed by atoms with Gasteiger partial charge in [-0.05, 0) is 43.4 Å². The number of carbonyl (C=O) groups is 4. The molecule has 2 aromatic carbocycles. The Labute approximate surface area is 194 Å². The lowest BCUT2D eigenvalue weighted by Gasteiger charge is -2.35. The molecule has 2 aliphatic heterocycles. The van der Waals surface area contributed by atoms with E-state index in [9.17, 15) is 19.2 Å². The molecular formula is C27H30N2O4. The van der Waals surface area contributed by atoms with Gasteiger partial charge in [0.15, 0.2) is 0 Å². The molecule has 0 spiro atoms. The first-order valence-electron chi connectivity index (χ1n) is 11.5. The Bertz CT molecular complexity index is 1080. The molecule has 0 unspecified atom stereocenters. The molecule has 0 bridgehead atoms. The summed E-state index contributed by atoms with van der Waals surface area (Å²) in [7, 11) is 0. The van der Waals surface area contributed by atoms with E-state index in [1.54, 1.807) is 11.8 Å². The first kappa shape index (κ1) is 22.9. The van der Waals surface area contributed by atoms with Crippen molar-refractivity contribution in [3.8, 4) is 0 Å². The Balaban J connectivity index is 1.66. The van der Waals surface area contributed by atoms with Crippen molar-refractivity contribution in [2.45, 2.75) is 51.5 Å². The van der Waals surface area contributed by atoms with Crippen LogP contribution in [-0.4, -0.2) is 46.4 Å². The molecule has 0 N–H and O–H groups in total. The van der Waals surface area contributed by atoms with Crippen molar-refractivity contribution in [3.63, 3.8) is 0 Å². The highest BCUT2D eigenvalue weighted by molar-refractivity contribution is 6.10. The normalized spacial score (nSPS) is 23.2. The Morgan fingerprint density at radius 3 is 2.42 bits per heavy atom. The number of amides is 3. The number of carbonyl (C=O) groups excluding carboxylic acids is 4. The summed E-state index contributed by atoms with van der Waals surface area (Å²) in [6, 6.07) is 16.9. The quantitative estimate of drug-likeness (QED) is 0.638. The highest BCUT2D eigenvalue weighted by atomic mass is 16.2. The summed E-state index contributed by atoms with van der Waals surface area (Å²) >= 11 is 0. The predicted octanol–water partition coefficient (Wildman–Crippen LogP) is 3.41. The molecule has 3 amide bonds. The number of Topliss-reactive ketones (excluding diaryl/α,β-unsaturated/α-hetero) is 1. The summed E-state index contributed by atoms with van der Waals surface area (Å²) in [6.45, 7) is 4.62. The van der Waals surface area contributed by atoms with E-state index >= 15 is 0 Å². The van der Waals surface area contributed by atoms with Gasteiger partial charge in [-0.3, -0.25) is 24.1 Å². The van der Waals surface area contributed by atoms with Gasteiger partial charge in [0, 0.05) is 31.8 Å². The summed E-state index contributed by atoms with van der Waals surface area (Å²) in [4.78, 5) is 55.4. The molecule has 172 valence electrons. The fourth-order valence-corrected chi connectivity index (χ4v) is 5.19. The van der Waals surface area contributed by atoms with E-state index in [-0.39, 0.29) is 48.8 Å². The molecule has 2 atom stereocenters. The minimum Gasteiger partial charge on any atom is -0.342 e. The molecule has 0 aliphatic carbocycles. The minimum atomic E-state index is -1.22. The number of likely N-dealkylation sites (tertiary alicyclic amines) is 2. The van der Waals surface area contributed by atoms with Gasteiger partial charge in [0.1, 0.15) is 5.78 Å². The lowest BCUT2D eigenvalue weighted by atomic mass is 9.73. The van der Waals surface area contributed by atoms with Crippen molar-refractivity contribution in [3.05, 3.63) is 71.3 Å². The average molecular weight is 447 g/mol. The van der Waals surface area contributed by atoms with Crippen molar-refractivity contribution in [1.29, 1.82) is 0 Å². The number of hydrogen-bond donors (Lipinski definition) is 0. The maximum Gasteiger partial charge on any atom is 0.241 e. The maximum atomic E-state index is 13.9. The lowest BCUT2D eigenvalue weighted by Crippen LogP contribution is -2.47. The lowest BCUT2D eigenvalue weighted by molar-refractivity contribution is -0.144. The number of imide groups is 1. The first-order chi connectivity index (χ1) is 15.8. The van der Waals surface area contributed by atoms with Gasteiger partial charge in [-0.15, -0.1) is 0 Å². The number of aryl methyl sites for hydroxylation is 1. The Kier molecular flexibility index (Phi) is 6.45. The van der Waals surface area contributed by atoms with E-state index in [0.717, 1.165) is 29.5 Å². The van der Waals surface area contributed by atoms with Gasteiger partial charge in [-0.25, -0.2) is 0 Å². The fourth-order valence-electron chi connectivity index (χ4n) is 5.19. The molecular weight excluding hydrogens is 416 g/mol. The van der Waals surface area contributed by atoms with Crippen LogP contribution in [0, 0.1) is 12.8 Å². The maximum absolute atomic E-state index is 13.9. The zero-order valence-electron chi connectivity index (χ0n) is 19.3. The number of rotatable bonds is 6. The zero-order chi connectivity index (χ0) is 23.6. The van der Waals surface area contributed by atoms with Crippen LogP contribution >= 0.6 is 0 Å². The van der Waals surface area contributed by atoms with Gasteiger partial charge in [-0.2, -0.15) is 0 Å². The van der Waals surface area contributed by atoms with Crippen LogP contribution in [0.4, 0.5) is 0 Å². The van der Waals surface area contributed by atoms with E-state index in [2.05, 4.69) is 0 Å². The number of ketones is 1. The molecule has 2 saturated heterocycles. The van der Waals surface area contributed by atoms with Gasteiger partial charge in [0.05, 0.1) is 12.0 Å². The topological polar surface area (TPSA) is 74.8 Å². The van der Waals surface area contributed by atoms with Crippen LogP contribution in [0.15, 0.2) is 54.6 Å². The second-order valence-corrected chi connectivity index (χ2v) is 9.31. The summed E-state index contributed by atoms with van der Waals surface area (Å²) < 4.78 is 0. The van der Waals surface area contributed by atoms with E-state index in [4.69, 9.17) is 0 Å². The molecule has 4 rings (SSSR count). The third-order valence-corrected chi connectivity index (χ3v) is 7.05. The molecule has 6 heteroatoms. The van der Waals surface area contributed by atoms with Crippen LogP contribution in [0.3, 0.4) is 0 Å². The SMILES string of the molecule is CC(=O)[C@H]1CCCN(C(=O)C[C@]2(c3ccccc3C)CC(=O)N(Cc3ccccc3)C2=O)C1. The molecule has 0 radical (unpaired) electrons. The number of nitrogens with zero attached hydrogens (tertiary/aromatic N) is 2. The second kappa shape index (κ2) is 9.30. The third-order valence-electron chi connectivity index (χ3n) is 7.05. The second-order valence-electron chi connectivity index (χ2n) is 9.31. The summed E-state index contributed by atoms with van der Waals surface area (Å²) in [6.07, 6.45) is 1.45. The molecule has 2 fully saturated rings. The van der Waals surface area contributed by atoms with Crippen LogP contribution in [0.1, 0.15) is 49.3 Å². The van der Waals surface area contributed by atoms with Crippen LogP contribution in [-0.2, 0) is 31.1 Å². The van der Waals surface area contributed by atoms with Crippen molar-refractivity contribution in [2.24, 2.45) is 5.92 Å². The van der Waals surface area contributed by atoms with Crippen LogP contribution in [0.2, 0.25) is 0 Å². The van der Waals surface area contributed by atoms with Crippen LogP contribution < -0.4 is 0 Å². The van der Waals surface area contributed by atoms with E-state index < -0.39 is 5.41 Å². The van der Waals surface area contributed by atoms with Crippen molar-refractivity contribution in [2.75, 3.05) is 13.1 Å². The molecule has 2 aromatic rings. The van der Waals surface area contributed by atoms with Gasteiger partial charge in [0.25, 0.3) is 0 Å². The predicted molar refractivity (Wildman–Crippen MR) is 124 cm³/mol. The minimum absolute atomic E-state index is 0.0285. The fraction of sp³-hybridized carbons (Fsp3) is 0.407. The Morgan fingerprint density at radius 2 is 1.73 bits per heavy atom. The number of piperidine rings is 1. The standard InChI is InChI=1S/C27H30N2O4/c1-19-9-6-7-13-23(19)27(15-24(31)28-14-8-12-22(18-28)20(2)30)16-25(32)29(26(27)33)17-21-10-4-3-5-11-21/h3-7,9-11,13,22H,8,12,14-18H2,1-2H3/t22-,27+/m0/s1. The number of benzene rings is 2. The molecule has 33 heavy (non-hydrogen) atoms. The molecule has 0 saturated carbocycles. The van der Waals surface area contributed by atoms with Crippen LogP contribution in [0.25, 0.3) is 0 Å². The van der Waals surface area contributed by atoms with Gasteiger partial charge in [0.2, 0.25) is 17.7 Å². The molecule has 2 aliphatic rings. The van der Waals surface area contributed by atoms with Gasteiger partial charge >= 0.3 is 0 Å². The highest BCUT2D eigenvalue weighted by Crippen LogP contribution is 2.42. The first-order valence-corrected chi connectivity index (χ1v) is 11.5. The zero-order valence-corrected chi connectivity index (χ0v) is 19.3. The van der Waals surface area contributed by atoms with Crippen molar-refractivity contribution in [1.82, 2.24) is 9.80 Å². The van der Waals surface area contributed by atoms with Gasteiger partial charge in [-0.1, -0.05) is 54.6 Å². The summed E-state index contributed by atoms with van der Waals surface area (Å²) in [5.74, 6) is -0.832. The highest BCUT2D eigenvalue weighted by Gasteiger charge is 2.54.